The van der Waals surface area contributed by atoms with E-state index in [4.69, 9.17) is 23.7 Å². The summed E-state index contributed by atoms with van der Waals surface area (Å²) in [4.78, 5) is 0. The first-order valence-electron chi connectivity index (χ1n) is 7.29. The molecule has 0 spiro atoms. The van der Waals surface area contributed by atoms with Crippen LogP contribution in [-0.2, 0) is 15.9 Å². The summed E-state index contributed by atoms with van der Waals surface area (Å²) in [5.74, 6) is 1.70. The molecule has 0 aromatic heterocycles. The number of benzene rings is 1. The summed E-state index contributed by atoms with van der Waals surface area (Å²) < 4.78 is 26.4. The molecule has 0 aliphatic carbocycles. The van der Waals surface area contributed by atoms with Gasteiger partial charge in [0.2, 0.25) is 0 Å². The van der Waals surface area contributed by atoms with E-state index in [1.54, 1.807) is 33.5 Å². The Labute approximate surface area is 131 Å². The lowest BCUT2D eigenvalue weighted by atomic mass is 10.0. The fourth-order valence-electron chi connectivity index (χ4n) is 2.17. The Morgan fingerprint density at radius 2 is 1.59 bits per heavy atom. The second-order valence-electron chi connectivity index (χ2n) is 4.82. The number of aliphatic hydroxyl groups excluding tert-OH is 1. The standard InChI is InChI=1S/C16H26O6/c1-5-6-12(17)9-13-14(21-10-18-2)7-8-15(16(13)20-4)22-11-19-3/h7-8,12,17H,5-6,9-11H2,1-4H3. The smallest absolute Gasteiger partial charge is 0.188 e. The van der Waals surface area contributed by atoms with E-state index < -0.39 is 6.10 Å². The third-order valence-electron chi connectivity index (χ3n) is 3.11. The zero-order chi connectivity index (χ0) is 16.4. The zero-order valence-corrected chi connectivity index (χ0v) is 13.8. The molecule has 0 radical (unpaired) electrons. The number of hydrogen-bond acceptors (Lipinski definition) is 6. The quantitative estimate of drug-likeness (QED) is 0.633. The lowest BCUT2D eigenvalue weighted by Crippen LogP contribution is -2.13. The normalized spacial score (nSPS) is 12.0. The SMILES string of the molecule is CCCC(O)Cc1c(OCOC)ccc(OCOC)c1OC. The van der Waals surface area contributed by atoms with Gasteiger partial charge in [-0.05, 0) is 18.6 Å². The van der Waals surface area contributed by atoms with Crippen LogP contribution in [0.25, 0.3) is 0 Å². The molecule has 1 atom stereocenters. The molecule has 1 N–H and O–H groups in total. The van der Waals surface area contributed by atoms with E-state index in [1.807, 2.05) is 6.92 Å². The predicted molar refractivity (Wildman–Crippen MR) is 82.6 cm³/mol. The van der Waals surface area contributed by atoms with E-state index in [2.05, 4.69) is 0 Å². The third-order valence-corrected chi connectivity index (χ3v) is 3.11. The van der Waals surface area contributed by atoms with Gasteiger partial charge in [-0.15, -0.1) is 0 Å². The molecule has 6 nitrogen and oxygen atoms in total. The van der Waals surface area contributed by atoms with Gasteiger partial charge in [-0.1, -0.05) is 13.3 Å². The van der Waals surface area contributed by atoms with Crippen molar-refractivity contribution in [3.8, 4) is 17.2 Å². The van der Waals surface area contributed by atoms with Crippen molar-refractivity contribution < 1.29 is 28.8 Å². The maximum absolute atomic E-state index is 10.1. The van der Waals surface area contributed by atoms with Gasteiger partial charge in [0.1, 0.15) is 5.75 Å². The average Bonchev–Trinajstić information content (AvgIpc) is 2.52. The van der Waals surface area contributed by atoms with E-state index >= 15 is 0 Å². The molecule has 1 aromatic rings. The first-order chi connectivity index (χ1) is 10.7. The summed E-state index contributed by atoms with van der Waals surface area (Å²) in [6, 6.07) is 3.53. The zero-order valence-electron chi connectivity index (χ0n) is 13.8. The molecular weight excluding hydrogens is 288 g/mol. The predicted octanol–water partition coefficient (Wildman–Crippen LogP) is 2.36. The van der Waals surface area contributed by atoms with Gasteiger partial charge in [-0.2, -0.15) is 0 Å². The first-order valence-corrected chi connectivity index (χ1v) is 7.29. The van der Waals surface area contributed by atoms with Crippen LogP contribution in [0.15, 0.2) is 12.1 Å². The van der Waals surface area contributed by atoms with Crippen LogP contribution in [0.5, 0.6) is 17.2 Å². The monoisotopic (exact) mass is 314 g/mol. The number of rotatable bonds is 11. The van der Waals surface area contributed by atoms with Gasteiger partial charge >= 0.3 is 0 Å². The van der Waals surface area contributed by atoms with Crippen molar-refractivity contribution in [3.63, 3.8) is 0 Å². The van der Waals surface area contributed by atoms with Gasteiger partial charge in [-0.3, -0.25) is 0 Å². The Bertz CT molecular complexity index is 435. The van der Waals surface area contributed by atoms with Crippen molar-refractivity contribution >= 4 is 0 Å². The third kappa shape index (κ3) is 5.36. The summed E-state index contributed by atoms with van der Waals surface area (Å²) in [6.07, 6.45) is 1.55. The molecule has 1 aromatic carbocycles. The van der Waals surface area contributed by atoms with E-state index in [1.165, 1.54) is 0 Å². The van der Waals surface area contributed by atoms with Crippen LogP contribution >= 0.6 is 0 Å². The summed E-state index contributed by atoms with van der Waals surface area (Å²) in [6.45, 7) is 2.27. The Morgan fingerprint density at radius 3 is 2.14 bits per heavy atom. The number of aliphatic hydroxyl groups is 1. The number of ether oxygens (including phenoxy) is 5. The molecule has 0 aliphatic heterocycles. The molecule has 1 unspecified atom stereocenters. The molecule has 0 fully saturated rings. The molecule has 22 heavy (non-hydrogen) atoms. The topological polar surface area (TPSA) is 66.4 Å². The summed E-state index contributed by atoms with van der Waals surface area (Å²) in [5, 5.41) is 10.1. The highest BCUT2D eigenvalue weighted by Crippen LogP contribution is 2.38. The summed E-state index contributed by atoms with van der Waals surface area (Å²) in [5.41, 5.74) is 0.758. The van der Waals surface area contributed by atoms with Crippen molar-refractivity contribution in [2.75, 3.05) is 34.9 Å². The molecule has 0 saturated heterocycles. The molecule has 0 saturated carbocycles. The van der Waals surface area contributed by atoms with Gasteiger partial charge in [0.25, 0.3) is 0 Å². The minimum atomic E-state index is -0.471. The molecule has 126 valence electrons. The second kappa shape index (κ2) is 10.3. The van der Waals surface area contributed by atoms with Crippen molar-refractivity contribution in [1.29, 1.82) is 0 Å². The Kier molecular flexibility index (Phi) is 8.65. The highest BCUT2D eigenvalue weighted by molar-refractivity contribution is 5.54. The van der Waals surface area contributed by atoms with Gasteiger partial charge < -0.3 is 28.8 Å². The first kappa shape index (κ1) is 18.5. The van der Waals surface area contributed by atoms with Crippen molar-refractivity contribution in [2.24, 2.45) is 0 Å². The average molecular weight is 314 g/mol. The molecule has 0 heterocycles. The summed E-state index contributed by atoms with van der Waals surface area (Å²) >= 11 is 0. The van der Waals surface area contributed by atoms with Crippen LogP contribution in [0.1, 0.15) is 25.3 Å². The van der Waals surface area contributed by atoms with E-state index in [9.17, 15) is 5.11 Å². The maximum Gasteiger partial charge on any atom is 0.188 e. The molecular formula is C16H26O6. The van der Waals surface area contributed by atoms with E-state index in [0.717, 1.165) is 12.0 Å². The largest absolute Gasteiger partial charge is 0.492 e. The van der Waals surface area contributed by atoms with Crippen LogP contribution in [0, 0.1) is 0 Å². The van der Waals surface area contributed by atoms with Gasteiger partial charge in [0.15, 0.2) is 25.1 Å². The Morgan fingerprint density at radius 1 is 1.00 bits per heavy atom. The van der Waals surface area contributed by atoms with Gasteiger partial charge in [-0.25, -0.2) is 0 Å². The Hall–Kier alpha value is -1.50. The lowest BCUT2D eigenvalue weighted by Gasteiger charge is -2.19. The molecule has 1 rings (SSSR count). The van der Waals surface area contributed by atoms with E-state index in [0.29, 0.717) is 30.1 Å². The molecule has 0 bridgehead atoms. The highest BCUT2D eigenvalue weighted by Gasteiger charge is 2.19. The number of hydrogen-bond donors (Lipinski definition) is 1. The minimum absolute atomic E-state index is 0.117. The Balaban J connectivity index is 3.10. The van der Waals surface area contributed by atoms with Gasteiger partial charge in [0.05, 0.1) is 13.2 Å². The van der Waals surface area contributed by atoms with Crippen LogP contribution < -0.4 is 14.2 Å². The van der Waals surface area contributed by atoms with Crippen molar-refractivity contribution in [1.82, 2.24) is 0 Å². The van der Waals surface area contributed by atoms with Crippen LogP contribution in [0.3, 0.4) is 0 Å². The fourth-order valence-corrected chi connectivity index (χ4v) is 2.17. The lowest BCUT2D eigenvalue weighted by molar-refractivity contribution is 0.0455. The number of methoxy groups -OCH3 is 3. The minimum Gasteiger partial charge on any atom is -0.492 e. The van der Waals surface area contributed by atoms with Crippen LogP contribution in [0.4, 0.5) is 0 Å². The van der Waals surface area contributed by atoms with E-state index in [-0.39, 0.29) is 13.6 Å². The molecule has 0 aliphatic rings. The van der Waals surface area contributed by atoms with Crippen LogP contribution in [0.2, 0.25) is 0 Å². The van der Waals surface area contributed by atoms with Gasteiger partial charge in [0, 0.05) is 26.2 Å². The fraction of sp³-hybridized carbons (Fsp3) is 0.625. The molecule has 6 heteroatoms. The summed E-state index contributed by atoms with van der Waals surface area (Å²) in [7, 11) is 4.66. The highest BCUT2D eigenvalue weighted by atomic mass is 16.7. The maximum atomic E-state index is 10.1. The van der Waals surface area contributed by atoms with Crippen LogP contribution in [-0.4, -0.2) is 46.1 Å². The molecule has 0 amide bonds. The van der Waals surface area contributed by atoms with Crippen molar-refractivity contribution in [3.05, 3.63) is 17.7 Å². The second-order valence-corrected chi connectivity index (χ2v) is 4.82. The van der Waals surface area contributed by atoms with Crippen molar-refractivity contribution in [2.45, 2.75) is 32.3 Å².